The van der Waals surface area contributed by atoms with Crippen molar-refractivity contribution in [3.05, 3.63) is 29.8 Å². The number of nitrogens with zero attached hydrogens (tertiary/aromatic N) is 2. The summed E-state index contributed by atoms with van der Waals surface area (Å²) in [6, 6.07) is 8.78. The number of hydrogen-bond donors (Lipinski definition) is 1. The Morgan fingerprint density at radius 1 is 1.45 bits per heavy atom. The number of aliphatic imine (C=N–C) groups is 1. The molecule has 0 heterocycles. The highest BCUT2D eigenvalue weighted by atomic mass is 127. The molecule has 0 radical (unpaired) electrons. The van der Waals surface area contributed by atoms with E-state index in [1.54, 1.807) is 0 Å². The molecular weight excluding hydrogens is 365 g/mol. The second-order valence-corrected chi connectivity index (χ2v) is 4.91. The van der Waals surface area contributed by atoms with Crippen LogP contribution >= 0.6 is 24.0 Å². The van der Waals surface area contributed by atoms with Crippen molar-refractivity contribution in [2.75, 3.05) is 20.2 Å². The summed E-state index contributed by atoms with van der Waals surface area (Å²) < 4.78 is 5.48. The highest BCUT2D eigenvalue weighted by Gasteiger charge is 2.27. The predicted octanol–water partition coefficient (Wildman–Crippen LogP) is 2.65. The van der Waals surface area contributed by atoms with Crippen molar-refractivity contribution in [3.8, 4) is 5.75 Å². The van der Waals surface area contributed by atoms with Crippen molar-refractivity contribution in [2.45, 2.75) is 32.2 Å². The van der Waals surface area contributed by atoms with Crippen molar-refractivity contribution in [3.63, 3.8) is 0 Å². The highest BCUT2D eigenvalue weighted by molar-refractivity contribution is 14.0. The summed E-state index contributed by atoms with van der Waals surface area (Å²) in [4.78, 5) is 6.52. The van der Waals surface area contributed by atoms with Gasteiger partial charge in [-0.25, -0.2) is 0 Å². The second-order valence-electron chi connectivity index (χ2n) is 4.91. The smallest absolute Gasteiger partial charge is 0.191 e. The summed E-state index contributed by atoms with van der Waals surface area (Å²) in [5.41, 5.74) is 7.18. The molecule has 0 atom stereocenters. The van der Waals surface area contributed by atoms with E-state index in [2.05, 4.69) is 22.0 Å². The Kier molecular flexibility index (Phi) is 7.12. The number of rotatable bonds is 6. The van der Waals surface area contributed by atoms with Crippen LogP contribution in [0.15, 0.2) is 29.3 Å². The second kappa shape index (κ2) is 8.34. The molecule has 0 unspecified atom stereocenters. The van der Waals surface area contributed by atoms with E-state index in [-0.39, 0.29) is 24.0 Å². The molecule has 112 valence electrons. The van der Waals surface area contributed by atoms with E-state index in [9.17, 15) is 0 Å². The molecule has 1 aliphatic carbocycles. The van der Waals surface area contributed by atoms with Crippen LogP contribution in [0, 0.1) is 0 Å². The van der Waals surface area contributed by atoms with E-state index >= 15 is 0 Å². The Bertz CT molecular complexity index is 446. The van der Waals surface area contributed by atoms with E-state index < -0.39 is 0 Å². The van der Waals surface area contributed by atoms with Gasteiger partial charge in [0.15, 0.2) is 5.96 Å². The minimum atomic E-state index is 0. The predicted molar refractivity (Wildman–Crippen MR) is 94.0 cm³/mol. The van der Waals surface area contributed by atoms with Gasteiger partial charge in [0, 0.05) is 19.6 Å². The van der Waals surface area contributed by atoms with Crippen molar-refractivity contribution < 1.29 is 4.74 Å². The maximum Gasteiger partial charge on any atom is 0.191 e. The lowest BCUT2D eigenvalue weighted by Crippen LogP contribution is -2.35. The van der Waals surface area contributed by atoms with Gasteiger partial charge in [0.05, 0.1) is 6.61 Å². The molecule has 1 saturated carbocycles. The van der Waals surface area contributed by atoms with Gasteiger partial charge < -0.3 is 15.4 Å². The SMILES string of the molecule is CCOc1cccc(CCN=C(N)N(C)C2CC2)c1.I. The Morgan fingerprint density at radius 2 is 2.20 bits per heavy atom. The third-order valence-electron chi connectivity index (χ3n) is 3.34. The summed E-state index contributed by atoms with van der Waals surface area (Å²) in [7, 11) is 2.02. The molecule has 0 amide bonds. The molecule has 4 nitrogen and oxygen atoms in total. The maximum absolute atomic E-state index is 5.95. The van der Waals surface area contributed by atoms with Crippen molar-refractivity contribution in [1.29, 1.82) is 0 Å². The number of benzene rings is 1. The fraction of sp³-hybridized carbons (Fsp3) is 0.533. The van der Waals surface area contributed by atoms with Crippen LogP contribution in [0.2, 0.25) is 0 Å². The van der Waals surface area contributed by atoms with E-state index in [4.69, 9.17) is 10.5 Å². The van der Waals surface area contributed by atoms with Gasteiger partial charge in [0.1, 0.15) is 5.75 Å². The largest absolute Gasteiger partial charge is 0.494 e. The van der Waals surface area contributed by atoms with E-state index in [0.29, 0.717) is 18.6 Å². The maximum atomic E-state index is 5.95. The van der Waals surface area contributed by atoms with E-state index in [0.717, 1.165) is 18.7 Å². The molecule has 0 aromatic heterocycles. The van der Waals surface area contributed by atoms with Crippen LogP contribution in [0.4, 0.5) is 0 Å². The molecule has 1 fully saturated rings. The fourth-order valence-corrected chi connectivity index (χ4v) is 2.02. The zero-order valence-electron chi connectivity index (χ0n) is 12.2. The summed E-state index contributed by atoms with van der Waals surface area (Å²) in [6.07, 6.45) is 3.37. The number of guanidine groups is 1. The van der Waals surface area contributed by atoms with Crippen LogP contribution in [0.5, 0.6) is 5.75 Å². The number of ether oxygens (including phenoxy) is 1. The van der Waals surface area contributed by atoms with Crippen LogP contribution < -0.4 is 10.5 Å². The summed E-state index contributed by atoms with van der Waals surface area (Å²) in [6.45, 7) is 3.41. The molecule has 2 N–H and O–H groups in total. The minimum Gasteiger partial charge on any atom is -0.494 e. The van der Waals surface area contributed by atoms with Crippen LogP contribution in [0.1, 0.15) is 25.3 Å². The molecule has 1 aromatic rings. The normalized spacial score (nSPS) is 14.6. The van der Waals surface area contributed by atoms with Crippen LogP contribution in [0.3, 0.4) is 0 Å². The quantitative estimate of drug-likeness (QED) is 0.463. The first kappa shape index (κ1) is 17.1. The molecular formula is C15H24IN3O. The van der Waals surface area contributed by atoms with E-state index in [1.165, 1.54) is 18.4 Å². The van der Waals surface area contributed by atoms with Gasteiger partial charge in [0.2, 0.25) is 0 Å². The van der Waals surface area contributed by atoms with Crippen LogP contribution in [-0.4, -0.2) is 37.1 Å². The molecule has 5 heteroatoms. The fourth-order valence-electron chi connectivity index (χ4n) is 2.02. The molecule has 0 saturated heterocycles. The molecule has 0 aliphatic heterocycles. The van der Waals surface area contributed by atoms with Crippen molar-refractivity contribution in [2.24, 2.45) is 10.7 Å². The van der Waals surface area contributed by atoms with Gasteiger partial charge in [0.25, 0.3) is 0 Å². The third kappa shape index (κ3) is 5.19. The molecule has 0 spiro atoms. The minimum absolute atomic E-state index is 0. The lowest BCUT2D eigenvalue weighted by Gasteiger charge is -2.16. The van der Waals surface area contributed by atoms with E-state index in [1.807, 2.05) is 26.1 Å². The molecule has 1 aliphatic rings. The number of nitrogens with two attached hydrogens (primary N) is 1. The zero-order chi connectivity index (χ0) is 13.7. The van der Waals surface area contributed by atoms with Crippen LogP contribution in [-0.2, 0) is 6.42 Å². The van der Waals surface area contributed by atoms with Crippen LogP contribution in [0.25, 0.3) is 0 Å². The monoisotopic (exact) mass is 389 g/mol. The average Bonchev–Trinajstić information content (AvgIpc) is 3.23. The molecule has 0 bridgehead atoms. The Morgan fingerprint density at radius 3 is 2.85 bits per heavy atom. The standard InChI is InChI=1S/C15H23N3O.HI/c1-3-19-14-6-4-5-12(11-14)9-10-17-15(16)18(2)13-7-8-13;/h4-6,11,13H,3,7-10H2,1-2H3,(H2,16,17);1H. The Labute approximate surface area is 138 Å². The third-order valence-corrected chi connectivity index (χ3v) is 3.34. The molecule has 20 heavy (non-hydrogen) atoms. The van der Waals surface area contributed by atoms with Gasteiger partial charge in [-0.1, -0.05) is 12.1 Å². The van der Waals surface area contributed by atoms with Crippen molar-refractivity contribution in [1.82, 2.24) is 4.90 Å². The first-order valence-electron chi connectivity index (χ1n) is 6.95. The summed E-state index contributed by atoms with van der Waals surface area (Å²) in [5.74, 6) is 1.58. The number of hydrogen-bond acceptors (Lipinski definition) is 2. The first-order valence-corrected chi connectivity index (χ1v) is 6.95. The molecule has 2 rings (SSSR count). The van der Waals surface area contributed by atoms with Crippen molar-refractivity contribution >= 4 is 29.9 Å². The van der Waals surface area contributed by atoms with Gasteiger partial charge >= 0.3 is 0 Å². The Hall–Kier alpha value is -0.980. The number of halogens is 1. The zero-order valence-corrected chi connectivity index (χ0v) is 14.5. The van der Waals surface area contributed by atoms with Gasteiger partial charge in [-0.05, 0) is 43.9 Å². The summed E-state index contributed by atoms with van der Waals surface area (Å²) >= 11 is 0. The lowest BCUT2D eigenvalue weighted by atomic mass is 10.1. The van der Waals surface area contributed by atoms with Gasteiger partial charge in [-0.3, -0.25) is 4.99 Å². The lowest BCUT2D eigenvalue weighted by molar-refractivity contribution is 0.340. The summed E-state index contributed by atoms with van der Waals surface area (Å²) in [5, 5.41) is 0. The average molecular weight is 389 g/mol. The van der Waals surface area contributed by atoms with Gasteiger partial charge in [-0.2, -0.15) is 0 Å². The molecule has 1 aromatic carbocycles. The first-order chi connectivity index (χ1) is 9.20. The topological polar surface area (TPSA) is 50.9 Å². The highest BCUT2D eigenvalue weighted by Crippen LogP contribution is 2.24. The van der Waals surface area contributed by atoms with Gasteiger partial charge in [-0.15, -0.1) is 24.0 Å². The Balaban J connectivity index is 0.00000200.